The Hall–Kier alpha value is -2.34. The van der Waals surface area contributed by atoms with Gasteiger partial charge < -0.3 is 19.7 Å². The van der Waals surface area contributed by atoms with Crippen LogP contribution in [0.25, 0.3) is 0 Å². The van der Waals surface area contributed by atoms with Crippen molar-refractivity contribution in [1.29, 1.82) is 0 Å². The second-order valence-corrected chi connectivity index (χ2v) is 4.83. The van der Waals surface area contributed by atoms with E-state index in [1.54, 1.807) is 6.08 Å². The summed E-state index contributed by atoms with van der Waals surface area (Å²) in [6, 6.07) is 4.04. The second kappa shape index (κ2) is 4.35. The van der Waals surface area contributed by atoms with E-state index in [1.807, 2.05) is 0 Å². The smallest absolute Gasteiger partial charge is 0.334 e. The van der Waals surface area contributed by atoms with Crippen LogP contribution in [0.3, 0.4) is 0 Å². The number of phenolic OH excluding ortho intramolecular Hbond substituents is 1. The number of carbonyl (C=O) groups is 2. The van der Waals surface area contributed by atoms with Crippen LogP contribution in [-0.4, -0.2) is 40.8 Å². The van der Waals surface area contributed by atoms with Crippen molar-refractivity contribution in [2.45, 2.75) is 12.0 Å². The third kappa shape index (κ3) is 1.94. The average Bonchev–Trinajstić information content (AvgIpc) is 2.80. The predicted molar refractivity (Wildman–Crippen MR) is 66.5 cm³/mol. The van der Waals surface area contributed by atoms with Gasteiger partial charge in [0.15, 0.2) is 5.60 Å². The normalized spacial score (nSPS) is 24.8. The van der Waals surface area contributed by atoms with Gasteiger partial charge in [0.2, 0.25) is 5.78 Å². The predicted octanol–water partition coefficient (Wildman–Crippen LogP) is 0.572. The van der Waals surface area contributed by atoms with Crippen LogP contribution in [0.4, 0.5) is 0 Å². The number of aromatic hydroxyl groups is 1. The van der Waals surface area contributed by atoms with Crippen molar-refractivity contribution in [2.75, 3.05) is 13.2 Å². The van der Waals surface area contributed by atoms with Crippen LogP contribution in [0.2, 0.25) is 0 Å². The number of phenols is 1. The number of fused-ring (bicyclic) bond motifs is 1. The summed E-state index contributed by atoms with van der Waals surface area (Å²) in [6.45, 7) is -0.114. The Morgan fingerprint density at radius 3 is 2.75 bits per heavy atom. The molecule has 1 atom stereocenters. The highest BCUT2D eigenvalue weighted by Crippen LogP contribution is 2.35. The molecule has 2 N–H and O–H groups in total. The van der Waals surface area contributed by atoms with Crippen LogP contribution in [0.1, 0.15) is 16.8 Å². The lowest BCUT2D eigenvalue weighted by Crippen LogP contribution is -2.48. The first-order chi connectivity index (χ1) is 9.49. The number of aliphatic hydroxyl groups is 1. The fourth-order valence-corrected chi connectivity index (χ4v) is 2.32. The molecule has 3 rings (SSSR count). The fraction of sp³-hybridized carbons (Fsp3) is 0.286. The number of hydrogen-bond acceptors (Lipinski definition) is 6. The standard InChI is InChI=1S/C14H12O6/c15-9-1-2-10-11(5-9)20-7-14(18,12(10)16)6-8-3-4-19-13(8)17/h1-3,5,15,18H,4,6-7H2/t14-/m1/s1. The molecule has 2 aliphatic heterocycles. The van der Waals surface area contributed by atoms with E-state index >= 15 is 0 Å². The number of ketones is 1. The van der Waals surface area contributed by atoms with E-state index in [0.29, 0.717) is 0 Å². The van der Waals surface area contributed by atoms with Gasteiger partial charge >= 0.3 is 5.97 Å². The molecular formula is C14H12O6. The summed E-state index contributed by atoms with van der Waals surface area (Å²) in [6.07, 6.45) is 1.39. The molecule has 0 amide bonds. The summed E-state index contributed by atoms with van der Waals surface area (Å²) in [7, 11) is 0. The summed E-state index contributed by atoms with van der Waals surface area (Å²) < 4.78 is 10.1. The van der Waals surface area contributed by atoms with Gasteiger partial charge in [-0.1, -0.05) is 0 Å². The molecule has 2 aliphatic rings. The van der Waals surface area contributed by atoms with Gasteiger partial charge in [-0.05, 0) is 18.2 Å². The number of rotatable bonds is 2. The Balaban J connectivity index is 1.91. The van der Waals surface area contributed by atoms with E-state index in [2.05, 4.69) is 0 Å². The van der Waals surface area contributed by atoms with Crippen molar-refractivity contribution in [3.8, 4) is 11.5 Å². The molecular weight excluding hydrogens is 264 g/mol. The molecule has 0 bridgehead atoms. The molecule has 0 radical (unpaired) electrons. The third-order valence-corrected chi connectivity index (χ3v) is 3.39. The summed E-state index contributed by atoms with van der Waals surface area (Å²) in [5.41, 5.74) is -1.34. The highest BCUT2D eigenvalue weighted by Gasteiger charge is 2.44. The fourth-order valence-electron chi connectivity index (χ4n) is 2.32. The number of esters is 1. The first-order valence-corrected chi connectivity index (χ1v) is 6.09. The SMILES string of the molecule is O=C1OCC=C1C[C@@]1(O)COc2cc(O)ccc2C1=O. The summed E-state index contributed by atoms with van der Waals surface area (Å²) in [5, 5.41) is 19.8. The maximum absolute atomic E-state index is 12.4. The zero-order valence-electron chi connectivity index (χ0n) is 10.5. The number of hydrogen-bond donors (Lipinski definition) is 2. The molecule has 2 heterocycles. The summed E-state index contributed by atoms with van der Waals surface area (Å²) in [5.74, 6) is -0.853. The Morgan fingerprint density at radius 1 is 1.25 bits per heavy atom. The largest absolute Gasteiger partial charge is 0.508 e. The highest BCUT2D eigenvalue weighted by molar-refractivity contribution is 6.06. The van der Waals surface area contributed by atoms with E-state index in [0.717, 1.165) is 0 Å². The average molecular weight is 276 g/mol. The van der Waals surface area contributed by atoms with Crippen molar-refractivity contribution in [2.24, 2.45) is 0 Å². The molecule has 0 saturated carbocycles. The van der Waals surface area contributed by atoms with E-state index < -0.39 is 17.4 Å². The quantitative estimate of drug-likeness (QED) is 0.767. The summed E-state index contributed by atoms with van der Waals surface area (Å²) >= 11 is 0. The number of carbonyl (C=O) groups excluding carboxylic acids is 2. The molecule has 1 aromatic rings. The topological polar surface area (TPSA) is 93.1 Å². The Labute approximate surface area is 114 Å². The lowest BCUT2D eigenvalue weighted by atomic mass is 9.85. The zero-order chi connectivity index (χ0) is 14.3. The monoisotopic (exact) mass is 276 g/mol. The van der Waals surface area contributed by atoms with Gasteiger partial charge in [0.25, 0.3) is 0 Å². The van der Waals surface area contributed by atoms with E-state index in [9.17, 15) is 19.8 Å². The zero-order valence-corrected chi connectivity index (χ0v) is 10.5. The minimum atomic E-state index is -1.79. The molecule has 104 valence electrons. The molecule has 20 heavy (non-hydrogen) atoms. The lowest BCUT2D eigenvalue weighted by molar-refractivity contribution is -0.136. The van der Waals surface area contributed by atoms with Crippen LogP contribution < -0.4 is 4.74 Å². The Bertz CT molecular complexity index is 633. The van der Waals surface area contributed by atoms with Crippen molar-refractivity contribution >= 4 is 11.8 Å². The first-order valence-electron chi connectivity index (χ1n) is 6.09. The number of ether oxygens (including phenoxy) is 2. The first kappa shape index (κ1) is 12.7. The minimum Gasteiger partial charge on any atom is -0.508 e. The van der Waals surface area contributed by atoms with Crippen LogP contribution in [0, 0.1) is 0 Å². The molecule has 0 unspecified atom stereocenters. The number of cyclic esters (lactones) is 1. The van der Waals surface area contributed by atoms with Crippen LogP contribution in [0.15, 0.2) is 29.8 Å². The van der Waals surface area contributed by atoms with Gasteiger partial charge in [-0.2, -0.15) is 0 Å². The van der Waals surface area contributed by atoms with Gasteiger partial charge in [-0.15, -0.1) is 0 Å². The lowest BCUT2D eigenvalue weighted by Gasteiger charge is -2.31. The van der Waals surface area contributed by atoms with Gasteiger partial charge in [0.05, 0.1) is 5.56 Å². The molecule has 0 saturated heterocycles. The van der Waals surface area contributed by atoms with Crippen LogP contribution in [-0.2, 0) is 9.53 Å². The van der Waals surface area contributed by atoms with Gasteiger partial charge in [-0.3, -0.25) is 4.79 Å². The maximum Gasteiger partial charge on any atom is 0.334 e. The van der Waals surface area contributed by atoms with Crippen LogP contribution >= 0.6 is 0 Å². The molecule has 0 aliphatic carbocycles. The third-order valence-electron chi connectivity index (χ3n) is 3.39. The Morgan fingerprint density at radius 2 is 2.05 bits per heavy atom. The molecule has 6 heteroatoms. The van der Waals surface area contributed by atoms with Crippen molar-refractivity contribution in [1.82, 2.24) is 0 Å². The van der Waals surface area contributed by atoms with Crippen molar-refractivity contribution in [3.63, 3.8) is 0 Å². The Kier molecular flexibility index (Phi) is 2.76. The highest BCUT2D eigenvalue weighted by atomic mass is 16.5. The number of benzene rings is 1. The van der Waals surface area contributed by atoms with E-state index in [1.165, 1.54) is 18.2 Å². The van der Waals surface area contributed by atoms with Crippen molar-refractivity contribution < 1.29 is 29.3 Å². The molecule has 6 nitrogen and oxygen atoms in total. The second-order valence-electron chi connectivity index (χ2n) is 4.83. The minimum absolute atomic E-state index is 0.0240. The maximum atomic E-state index is 12.4. The number of Topliss-reactive ketones (excluding diaryl/α,β-unsaturated/α-hetero) is 1. The van der Waals surface area contributed by atoms with Gasteiger partial charge in [-0.25, -0.2) is 4.79 Å². The molecule has 0 fully saturated rings. The van der Waals surface area contributed by atoms with Gasteiger partial charge in [0, 0.05) is 18.1 Å². The molecule has 0 spiro atoms. The van der Waals surface area contributed by atoms with Crippen molar-refractivity contribution in [3.05, 3.63) is 35.4 Å². The van der Waals surface area contributed by atoms with E-state index in [4.69, 9.17) is 9.47 Å². The summed E-state index contributed by atoms with van der Waals surface area (Å²) in [4.78, 5) is 23.8. The molecule has 1 aromatic carbocycles. The van der Waals surface area contributed by atoms with E-state index in [-0.39, 0.29) is 42.3 Å². The van der Waals surface area contributed by atoms with Gasteiger partial charge in [0.1, 0.15) is 24.7 Å². The molecule has 0 aromatic heterocycles. The van der Waals surface area contributed by atoms with Crippen LogP contribution in [0.5, 0.6) is 11.5 Å².